The molecule has 1 fully saturated rings. The summed E-state index contributed by atoms with van der Waals surface area (Å²) in [5.41, 5.74) is 7.20. The minimum atomic E-state index is -0.316. The predicted octanol–water partition coefficient (Wildman–Crippen LogP) is 0.395. The highest BCUT2D eigenvalue weighted by molar-refractivity contribution is 5.85. The van der Waals surface area contributed by atoms with Gasteiger partial charge in [-0.2, -0.15) is 0 Å². The number of nitrogens with zero attached hydrogens (tertiary/aromatic N) is 2. The normalized spacial score (nSPS) is 19.2. The smallest absolute Gasteiger partial charge is 0.245 e. The van der Waals surface area contributed by atoms with Crippen LogP contribution < -0.4 is 16.0 Å². The Bertz CT molecular complexity index is 438. The van der Waals surface area contributed by atoms with Gasteiger partial charge < -0.3 is 20.7 Å². The molecule has 1 saturated heterocycles. The number of carbonyl (C=O) groups excluding carboxylic acids is 1. The number of anilines is 2. The van der Waals surface area contributed by atoms with E-state index in [1.165, 1.54) is 0 Å². The van der Waals surface area contributed by atoms with Crippen LogP contribution in [0.5, 0.6) is 0 Å². The molecular formula is C13H20N4O2. The highest BCUT2D eigenvalue weighted by Gasteiger charge is 2.29. The third-order valence-electron chi connectivity index (χ3n) is 3.06. The predicted molar refractivity (Wildman–Crippen MR) is 73.9 cm³/mol. The molecule has 0 spiro atoms. The van der Waals surface area contributed by atoms with Crippen LogP contribution >= 0.6 is 0 Å². The monoisotopic (exact) mass is 264 g/mol. The highest BCUT2D eigenvalue weighted by Crippen LogP contribution is 2.20. The summed E-state index contributed by atoms with van der Waals surface area (Å²) in [6.07, 6.45) is 4.23. The Labute approximate surface area is 112 Å². The van der Waals surface area contributed by atoms with Crippen molar-refractivity contribution in [3.63, 3.8) is 0 Å². The maximum atomic E-state index is 12.1. The molecule has 1 aromatic heterocycles. The number of morpholine rings is 1. The van der Waals surface area contributed by atoms with Gasteiger partial charge >= 0.3 is 0 Å². The van der Waals surface area contributed by atoms with Crippen molar-refractivity contribution >= 4 is 17.3 Å². The molecule has 1 aromatic rings. The lowest BCUT2D eigenvalue weighted by molar-refractivity contribution is -0.124. The van der Waals surface area contributed by atoms with Crippen molar-refractivity contribution in [2.75, 3.05) is 36.9 Å². The summed E-state index contributed by atoms with van der Waals surface area (Å²) in [6, 6.07) is 1.52. The Kier molecular flexibility index (Phi) is 4.57. The third-order valence-corrected chi connectivity index (χ3v) is 3.06. The molecular weight excluding hydrogens is 244 g/mol. The first-order chi connectivity index (χ1) is 9.22. The van der Waals surface area contributed by atoms with Crippen molar-refractivity contribution in [3.05, 3.63) is 18.5 Å². The molecule has 1 atom stereocenters. The number of rotatable bonds is 4. The fourth-order valence-electron chi connectivity index (χ4n) is 2.10. The molecule has 1 amide bonds. The zero-order valence-electron chi connectivity index (χ0n) is 11.1. The van der Waals surface area contributed by atoms with Gasteiger partial charge in [-0.3, -0.25) is 9.78 Å². The zero-order valence-corrected chi connectivity index (χ0v) is 11.1. The maximum absolute atomic E-state index is 12.1. The van der Waals surface area contributed by atoms with E-state index < -0.39 is 0 Å². The van der Waals surface area contributed by atoms with Crippen molar-refractivity contribution in [1.82, 2.24) is 10.3 Å². The van der Waals surface area contributed by atoms with Crippen LogP contribution in [0, 0.1) is 0 Å². The number of nitrogens with two attached hydrogens (primary N) is 1. The quantitative estimate of drug-likeness (QED) is 0.822. The second-order valence-corrected chi connectivity index (χ2v) is 4.55. The molecule has 6 nitrogen and oxygen atoms in total. The largest absolute Gasteiger partial charge is 0.397 e. The number of nitrogens with one attached hydrogen (secondary N) is 1. The van der Waals surface area contributed by atoms with E-state index >= 15 is 0 Å². The van der Waals surface area contributed by atoms with Crippen molar-refractivity contribution < 1.29 is 9.53 Å². The van der Waals surface area contributed by atoms with Gasteiger partial charge in [0.15, 0.2) is 0 Å². The number of hydrogen-bond acceptors (Lipinski definition) is 5. The summed E-state index contributed by atoms with van der Waals surface area (Å²) in [5.74, 6) is -0.0102. The van der Waals surface area contributed by atoms with Gasteiger partial charge in [0.1, 0.15) is 6.04 Å². The van der Waals surface area contributed by atoms with Crippen LogP contribution in [0.2, 0.25) is 0 Å². The molecule has 2 rings (SSSR count). The van der Waals surface area contributed by atoms with E-state index in [2.05, 4.69) is 10.3 Å². The Morgan fingerprint density at radius 3 is 3.21 bits per heavy atom. The number of carbonyl (C=O) groups is 1. The molecule has 0 aromatic carbocycles. The van der Waals surface area contributed by atoms with Gasteiger partial charge in [0, 0.05) is 19.3 Å². The van der Waals surface area contributed by atoms with Crippen LogP contribution in [0.4, 0.5) is 11.4 Å². The molecule has 0 saturated carbocycles. The van der Waals surface area contributed by atoms with Gasteiger partial charge in [-0.15, -0.1) is 0 Å². The van der Waals surface area contributed by atoms with Gasteiger partial charge in [0.25, 0.3) is 0 Å². The van der Waals surface area contributed by atoms with E-state index in [-0.39, 0.29) is 11.9 Å². The third kappa shape index (κ3) is 3.35. The van der Waals surface area contributed by atoms with Crippen molar-refractivity contribution in [1.29, 1.82) is 0 Å². The molecule has 0 aliphatic carbocycles. The lowest BCUT2D eigenvalue weighted by atomic mass is 10.2. The zero-order chi connectivity index (χ0) is 13.7. The maximum Gasteiger partial charge on any atom is 0.245 e. The first kappa shape index (κ1) is 13.6. The Balaban J connectivity index is 2.13. The summed E-state index contributed by atoms with van der Waals surface area (Å²) in [7, 11) is 0. The van der Waals surface area contributed by atoms with Crippen LogP contribution in [0.15, 0.2) is 18.5 Å². The van der Waals surface area contributed by atoms with Gasteiger partial charge in [0.05, 0.1) is 30.8 Å². The average molecular weight is 264 g/mol. The minimum Gasteiger partial charge on any atom is -0.397 e. The average Bonchev–Trinajstić information content (AvgIpc) is 2.45. The van der Waals surface area contributed by atoms with Crippen molar-refractivity contribution in [2.24, 2.45) is 0 Å². The van der Waals surface area contributed by atoms with Crippen LogP contribution in [-0.4, -0.2) is 43.2 Å². The number of hydrogen-bond donors (Lipinski definition) is 2. The molecule has 6 heteroatoms. The molecule has 2 heterocycles. The van der Waals surface area contributed by atoms with Crippen LogP contribution in [0.1, 0.15) is 13.3 Å². The second kappa shape index (κ2) is 6.38. The number of aromatic nitrogens is 1. The standard InChI is InChI=1S/C13H20N4O2/c1-2-3-16-13(18)12-9-19-5-4-17(12)11-6-10(14)7-15-8-11/h6-8,12H,2-5,9,14H2,1H3,(H,16,18). The second-order valence-electron chi connectivity index (χ2n) is 4.55. The number of ether oxygens (including phenoxy) is 1. The summed E-state index contributed by atoms with van der Waals surface area (Å²) in [5, 5.41) is 2.90. The van der Waals surface area contributed by atoms with E-state index in [1.807, 2.05) is 17.9 Å². The molecule has 3 N–H and O–H groups in total. The molecule has 1 aliphatic heterocycles. The van der Waals surface area contributed by atoms with E-state index in [1.54, 1.807) is 12.4 Å². The highest BCUT2D eigenvalue weighted by atomic mass is 16.5. The number of amides is 1. The van der Waals surface area contributed by atoms with Crippen LogP contribution in [0.25, 0.3) is 0 Å². The summed E-state index contributed by atoms with van der Waals surface area (Å²) >= 11 is 0. The molecule has 0 radical (unpaired) electrons. The topological polar surface area (TPSA) is 80.5 Å². The SMILES string of the molecule is CCCNC(=O)C1COCCN1c1cncc(N)c1. The number of pyridine rings is 1. The Morgan fingerprint density at radius 2 is 2.47 bits per heavy atom. The van der Waals surface area contributed by atoms with Gasteiger partial charge in [0.2, 0.25) is 5.91 Å². The fraction of sp³-hybridized carbons (Fsp3) is 0.538. The first-order valence-electron chi connectivity index (χ1n) is 6.55. The summed E-state index contributed by atoms with van der Waals surface area (Å²) < 4.78 is 5.41. The Morgan fingerprint density at radius 1 is 1.63 bits per heavy atom. The summed E-state index contributed by atoms with van der Waals surface area (Å²) in [6.45, 7) is 4.36. The van der Waals surface area contributed by atoms with Gasteiger partial charge in [-0.25, -0.2) is 0 Å². The van der Waals surface area contributed by atoms with E-state index in [4.69, 9.17) is 10.5 Å². The fourth-order valence-corrected chi connectivity index (χ4v) is 2.10. The van der Waals surface area contributed by atoms with E-state index in [0.717, 1.165) is 12.1 Å². The molecule has 104 valence electrons. The summed E-state index contributed by atoms with van der Waals surface area (Å²) in [4.78, 5) is 18.2. The van der Waals surface area contributed by atoms with E-state index in [9.17, 15) is 4.79 Å². The van der Waals surface area contributed by atoms with E-state index in [0.29, 0.717) is 32.0 Å². The van der Waals surface area contributed by atoms with Gasteiger partial charge in [-0.1, -0.05) is 6.92 Å². The molecule has 1 unspecified atom stereocenters. The molecule has 1 aliphatic rings. The van der Waals surface area contributed by atoms with Crippen molar-refractivity contribution in [3.8, 4) is 0 Å². The first-order valence-corrected chi connectivity index (χ1v) is 6.55. The lowest BCUT2D eigenvalue weighted by Gasteiger charge is -2.36. The minimum absolute atomic E-state index is 0.0102. The lowest BCUT2D eigenvalue weighted by Crippen LogP contribution is -2.54. The van der Waals surface area contributed by atoms with Crippen LogP contribution in [-0.2, 0) is 9.53 Å². The van der Waals surface area contributed by atoms with Crippen LogP contribution in [0.3, 0.4) is 0 Å². The molecule has 0 bridgehead atoms. The van der Waals surface area contributed by atoms with Crippen molar-refractivity contribution in [2.45, 2.75) is 19.4 Å². The molecule has 19 heavy (non-hydrogen) atoms. The van der Waals surface area contributed by atoms with Gasteiger partial charge in [-0.05, 0) is 12.5 Å². The Hall–Kier alpha value is -1.82. The number of nitrogen functional groups attached to an aromatic ring is 1.